The SMILES string of the molecule is CC[C@H](Sc1nc2nc[nH]c2c(=O)[nH]1)C(=O)Nc1ccc(Br)cc1. The fraction of sp³-hybridized carbons (Fsp3) is 0.200. The molecule has 2 aromatic heterocycles. The minimum absolute atomic E-state index is 0.144. The van der Waals surface area contributed by atoms with Gasteiger partial charge < -0.3 is 10.3 Å². The fourth-order valence-corrected chi connectivity index (χ4v) is 3.25. The number of aromatic amines is 2. The van der Waals surface area contributed by atoms with E-state index in [1.807, 2.05) is 31.2 Å². The van der Waals surface area contributed by atoms with E-state index in [2.05, 4.69) is 41.2 Å². The Kier molecular flexibility index (Phi) is 5.00. The second-order valence-electron chi connectivity index (χ2n) is 4.98. The lowest BCUT2D eigenvalue weighted by molar-refractivity contribution is -0.115. The number of halogens is 1. The summed E-state index contributed by atoms with van der Waals surface area (Å²) in [6.45, 7) is 1.91. The predicted molar refractivity (Wildman–Crippen MR) is 97.2 cm³/mol. The molecule has 0 saturated carbocycles. The van der Waals surface area contributed by atoms with Crippen LogP contribution in [0.5, 0.6) is 0 Å². The van der Waals surface area contributed by atoms with Crippen LogP contribution in [0.25, 0.3) is 11.2 Å². The van der Waals surface area contributed by atoms with E-state index in [1.54, 1.807) is 0 Å². The topological polar surface area (TPSA) is 104 Å². The average molecular weight is 408 g/mol. The summed E-state index contributed by atoms with van der Waals surface area (Å²) in [6.07, 6.45) is 2.01. The van der Waals surface area contributed by atoms with Crippen molar-refractivity contribution in [3.05, 3.63) is 45.4 Å². The number of fused-ring (bicyclic) bond motifs is 1. The number of hydrogen-bond acceptors (Lipinski definition) is 5. The monoisotopic (exact) mass is 407 g/mol. The first-order valence-corrected chi connectivity index (χ1v) is 8.90. The number of imidazole rings is 1. The van der Waals surface area contributed by atoms with E-state index in [-0.39, 0.29) is 16.7 Å². The predicted octanol–water partition coefficient (Wildman–Crippen LogP) is 2.92. The molecule has 0 unspecified atom stereocenters. The highest BCUT2D eigenvalue weighted by molar-refractivity contribution is 9.10. The summed E-state index contributed by atoms with van der Waals surface area (Å²) in [4.78, 5) is 38.0. The van der Waals surface area contributed by atoms with Crippen LogP contribution in [0, 0.1) is 0 Å². The minimum Gasteiger partial charge on any atom is -0.339 e. The maximum atomic E-state index is 12.4. The molecule has 0 spiro atoms. The molecule has 0 fully saturated rings. The molecule has 0 saturated heterocycles. The van der Waals surface area contributed by atoms with Gasteiger partial charge in [-0.15, -0.1) is 0 Å². The lowest BCUT2D eigenvalue weighted by Crippen LogP contribution is -2.25. The van der Waals surface area contributed by atoms with E-state index in [9.17, 15) is 9.59 Å². The van der Waals surface area contributed by atoms with Crippen LogP contribution in [0.2, 0.25) is 0 Å². The van der Waals surface area contributed by atoms with Crippen molar-refractivity contribution in [1.82, 2.24) is 19.9 Å². The number of nitrogens with one attached hydrogen (secondary N) is 3. The Bertz CT molecular complexity index is 922. The number of H-pyrrole nitrogens is 2. The van der Waals surface area contributed by atoms with Gasteiger partial charge in [-0.25, -0.2) is 9.97 Å². The van der Waals surface area contributed by atoms with Crippen molar-refractivity contribution < 1.29 is 4.79 Å². The lowest BCUT2D eigenvalue weighted by Gasteiger charge is -2.14. The second-order valence-corrected chi connectivity index (χ2v) is 7.09. The molecule has 124 valence electrons. The number of benzene rings is 1. The molecule has 3 aromatic rings. The normalized spacial score (nSPS) is 12.2. The van der Waals surface area contributed by atoms with Crippen LogP contribution in [-0.2, 0) is 4.79 Å². The Hall–Kier alpha value is -2.13. The van der Waals surface area contributed by atoms with E-state index >= 15 is 0 Å². The zero-order valence-corrected chi connectivity index (χ0v) is 15.1. The van der Waals surface area contributed by atoms with E-state index < -0.39 is 0 Å². The molecule has 0 aliphatic rings. The van der Waals surface area contributed by atoms with Crippen molar-refractivity contribution in [2.75, 3.05) is 5.32 Å². The van der Waals surface area contributed by atoms with Gasteiger partial charge in [-0.2, -0.15) is 0 Å². The third-order valence-corrected chi connectivity index (χ3v) is 5.08. The first-order valence-electron chi connectivity index (χ1n) is 7.23. The van der Waals surface area contributed by atoms with Gasteiger partial charge in [-0.05, 0) is 30.7 Å². The maximum absolute atomic E-state index is 12.4. The van der Waals surface area contributed by atoms with E-state index in [0.717, 1.165) is 4.47 Å². The molecule has 0 radical (unpaired) electrons. The van der Waals surface area contributed by atoms with Crippen LogP contribution in [-0.4, -0.2) is 31.1 Å². The Balaban J connectivity index is 1.76. The van der Waals surface area contributed by atoms with Gasteiger partial charge in [-0.3, -0.25) is 14.6 Å². The van der Waals surface area contributed by atoms with Gasteiger partial charge in [0.25, 0.3) is 5.56 Å². The first kappa shape index (κ1) is 16.7. The van der Waals surface area contributed by atoms with Gasteiger partial charge in [0, 0.05) is 10.2 Å². The molecular formula is C15H14BrN5O2S. The van der Waals surface area contributed by atoms with E-state index in [0.29, 0.717) is 28.4 Å². The zero-order chi connectivity index (χ0) is 17.1. The van der Waals surface area contributed by atoms with Crippen molar-refractivity contribution in [3.63, 3.8) is 0 Å². The molecule has 0 aliphatic carbocycles. The highest BCUT2D eigenvalue weighted by atomic mass is 79.9. The number of carbonyl (C=O) groups excluding carboxylic acids is 1. The summed E-state index contributed by atoms with van der Waals surface area (Å²) in [5.74, 6) is -0.144. The number of thioether (sulfide) groups is 1. The van der Waals surface area contributed by atoms with Crippen LogP contribution in [0.3, 0.4) is 0 Å². The van der Waals surface area contributed by atoms with Crippen molar-refractivity contribution in [3.8, 4) is 0 Å². The summed E-state index contributed by atoms with van der Waals surface area (Å²) in [7, 11) is 0. The van der Waals surface area contributed by atoms with Crippen molar-refractivity contribution in [2.45, 2.75) is 23.8 Å². The highest BCUT2D eigenvalue weighted by Crippen LogP contribution is 2.24. The van der Waals surface area contributed by atoms with Gasteiger partial charge in [0.15, 0.2) is 16.3 Å². The number of aromatic nitrogens is 4. The van der Waals surface area contributed by atoms with E-state index in [4.69, 9.17) is 0 Å². The average Bonchev–Trinajstić information content (AvgIpc) is 3.03. The van der Waals surface area contributed by atoms with Gasteiger partial charge in [0.05, 0.1) is 11.6 Å². The van der Waals surface area contributed by atoms with Gasteiger partial charge >= 0.3 is 0 Å². The number of hydrogen-bond donors (Lipinski definition) is 3. The van der Waals surface area contributed by atoms with Gasteiger partial charge in [0.1, 0.15) is 0 Å². The third kappa shape index (κ3) is 3.68. The summed E-state index contributed by atoms with van der Waals surface area (Å²) in [6, 6.07) is 7.34. The van der Waals surface area contributed by atoms with Crippen molar-refractivity contribution in [1.29, 1.82) is 0 Å². The fourth-order valence-electron chi connectivity index (χ4n) is 2.09. The molecule has 0 bridgehead atoms. The molecule has 1 aromatic carbocycles. The highest BCUT2D eigenvalue weighted by Gasteiger charge is 2.20. The molecule has 9 heteroatoms. The smallest absolute Gasteiger partial charge is 0.277 e. The first-order chi connectivity index (χ1) is 11.6. The molecule has 1 amide bonds. The zero-order valence-electron chi connectivity index (χ0n) is 12.7. The molecule has 7 nitrogen and oxygen atoms in total. The van der Waals surface area contributed by atoms with Crippen LogP contribution >= 0.6 is 27.7 Å². The number of rotatable bonds is 5. The van der Waals surface area contributed by atoms with Crippen LogP contribution < -0.4 is 10.9 Å². The lowest BCUT2D eigenvalue weighted by atomic mass is 10.3. The van der Waals surface area contributed by atoms with Crippen LogP contribution in [0.1, 0.15) is 13.3 Å². The Morgan fingerprint density at radius 1 is 1.38 bits per heavy atom. The summed E-state index contributed by atoms with van der Waals surface area (Å²) in [5, 5.41) is 2.86. The third-order valence-electron chi connectivity index (χ3n) is 3.30. The molecular weight excluding hydrogens is 394 g/mol. The number of anilines is 1. The molecule has 3 rings (SSSR count). The largest absolute Gasteiger partial charge is 0.339 e. The quantitative estimate of drug-likeness (QED) is 0.445. The molecule has 0 aliphatic heterocycles. The maximum Gasteiger partial charge on any atom is 0.277 e. The summed E-state index contributed by atoms with van der Waals surface area (Å²) < 4.78 is 0.941. The molecule has 2 heterocycles. The van der Waals surface area contributed by atoms with Crippen LogP contribution in [0.15, 0.2) is 45.0 Å². The Labute approximate surface area is 149 Å². The van der Waals surface area contributed by atoms with Gasteiger partial charge in [0.2, 0.25) is 5.91 Å². The molecule has 1 atom stereocenters. The molecule has 3 N–H and O–H groups in total. The second kappa shape index (κ2) is 7.18. The molecule has 24 heavy (non-hydrogen) atoms. The standard InChI is InChI=1S/C15H14BrN5O2S/c1-2-10(13(22)19-9-5-3-8(16)4-6-9)24-15-20-12-11(14(23)21-15)17-7-18-12/h3-7,10H,2H2,1H3,(H,19,22)(H2,17,18,20,21,23)/t10-/m0/s1. The van der Waals surface area contributed by atoms with Crippen molar-refractivity contribution >= 4 is 50.5 Å². The van der Waals surface area contributed by atoms with Crippen molar-refractivity contribution in [2.24, 2.45) is 0 Å². The van der Waals surface area contributed by atoms with E-state index in [1.165, 1.54) is 18.1 Å². The number of amides is 1. The summed E-state index contributed by atoms with van der Waals surface area (Å²) in [5.41, 5.74) is 1.07. The summed E-state index contributed by atoms with van der Waals surface area (Å²) >= 11 is 4.56. The minimum atomic E-state index is -0.381. The van der Waals surface area contributed by atoms with Crippen LogP contribution in [0.4, 0.5) is 5.69 Å². The number of carbonyl (C=O) groups is 1. The number of nitrogens with zero attached hydrogens (tertiary/aromatic N) is 2. The Morgan fingerprint density at radius 3 is 2.83 bits per heavy atom. The van der Waals surface area contributed by atoms with Gasteiger partial charge in [-0.1, -0.05) is 34.6 Å². The Morgan fingerprint density at radius 2 is 2.12 bits per heavy atom.